The lowest BCUT2D eigenvalue weighted by molar-refractivity contribution is 1.33. The minimum absolute atomic E-state index is 0.767. The molecule has 1 nitrogen and oxygen atoms in total. The van der Waals surface area contributed by atoms with E-state index in [1.54, 1.807) is 0 Å². The van der Waals surface area contributed by atoms with E-state index in [9.17, 15) is 0 Å². The van der Waals surface area contributed by atoms with Crippen LogP contribution in [0, 0.1) is 11.7 Å². The van der Waals surface area contributed by atoms with E-state index in [4.69, 9.17) is 0 Å². The zero-order chi connectivity index (χ0) is 19.0. The second kappa shape index (κ2) is 9.05. The normalized spacial score (nSPS) is 10.2. The Morgan fingerprint density at radius 1 is 0.464 bits per heavy atom. The van der Waals surface area contributed by atoms with Crippen molar-refractivity contribution >= 4 is 29.9 Å². The smallest absolute Gasteiger partial charge is 0.0545 e. The molecule has 0 bridgehead atoms. The Morgan fingerprint density at radius 2 is 0.821 bits per heavy atom. The first-order valence-electron chi connectivity index (χ1n) is 9.23. The van der Waals surface area contributed by atoms with Crippen LogP contribution in [0.1, 0.15) is 0 Å². The third kappa shape index (κ3) is 4.32. The second-order valence-electron chi connectivity index (χ2n) is 6.24. The van der Waals surface area contributed by atoms with Crippen molar-refractivity contribution in [3.63, 3.8) is 0 Å². The maximum Gasteiger partial charge on any atom is 0.0545 e. The van der Waals surface area contributed by atoms with Gasteiger partial charge in [-0.15, -0.1) is 0 Å². The van der Waals surface area contributed by atoms with Crippen LogP contribution in [0.2, 0.25) is 0 Å². The van der Waals surface area contributed by atoms with Gasteiger partial charge >= 0.3 is 0 Å². The van der Waals surface area contributed by atoms with Gasteiger partial charge in [0.1, 0.15) is 0 Å². The van der Waals surface area contributed by atoms with Crippen LogP contribution in [0.3, 0.4) is 0 Å². The van der Waals surface area contributed by atoms with Crippen molar-refractivity contribution in [2.45, 2.75) is 0 Å². The van der Waals surface area contributed by atoms with Crippen molar-refractivity contribution in [1.82, 2.24) is 0 Å². The summed E-state index contributed by atoms with van der Waals surface area (Å²) in [5.74, 6) is 0. The molecule has 0 saturated carbocycles. The first-order valence-corrected chi connectivity index (χ1v) is 10.6. The van der Waals surface area contributed by atoms with Crippen molar-refractivity contribution in [3.05, 3.63) is 121 Å². The summed E-state index contributed by atoms with van der Waals surface area (Å²) in [5, 5.41) is 2.52. The number of rotatable bonds is 4. The summed E-state index contributed by atoms with van der Waals surface area (Å²) in [5.41, 5.74) is 5.72. The largest absolute Gasteiger partial charge is 0.270 e. The van der Waals surface area contributed by atoms with E-state index < -0.39 is 7.92 Å². The van der Waals surface area contributed by atoms with E-state index in [2.05, 4.69) is 102 Å². The fourth-order valence-electron chi connectivity index (χ4n) is 2.96. The molecule has 0 aliphatic rings. The van der Waals surface area contributed by atoms with Crippen LogP contribution in [-0.2, 0) is 0 Å². The Bertz CT molecular complexity index is 886. The van der Waals surface area contributed by atoms with Gasteiger partial charge in [-0.2, -0.15) is 0 Å². The number of hydrogen-bond donors (Lipinski definition) is 0. The van der Waals surface area contributed by atoms with Crippen LogP contribution in [0.5, 0.6) is 0 Å². The molecular formula is C26H20NP. The van der Waals surface area contributed by atoms with Crippen LogP contribution in [0.25, 0.3) is 0 Å². The molecule has 134 valence electrons. The van der Waals surface area contributed by atoms with Gasteiger partial charge in [-0.25, -0.2) is 0 Å². The van der Waals surface area contributed by atoms with Gasteiger partial charge < -0.3 is 0 Å². The van der Waals surface area contributed by atoms with E-state index in [-0.39, 0.29) is 0 Å². The highest BCUT2D eigenvalue weighted by Gasteiger charge is 2.12. The first kappa shape index (κ1) is 18.1. The molecular weight excluding hydrogens is 357 g/mol. The van der Waals surface area contributed by atoms with Crippen molar-refractivity contribution in [2.24, 2.45) is 0 Å². The van der Waals surface area contributed by atoms with Gasteiger partial charge in [-0.1, -0.05) is 97.1 Å². The predicted octanol–water partition coefficient (Wildman–Crippen LogP) is 5.88. The van der Waals surface area contributed by atoms with Crippen LogP contribution in [-0.4, -0.2) is 0 Å². The summed E-state index contributed by atoms with van der Waals surface area (Å²) in [7, 11) is -0.767. The summed E-state index contributed by atoms with van der Waals surface area (Å²) >= 11 is 0. The van der Waals surface area contributed by atoms with Crippen molar-refractivity contribution < 1.29 is 0 Å². The Morgan fingerprint density at radius 3 is 1.21 bits per heavy atom. The molecule has 4 aromatic rings. The van der Waals surface area contributed by atoms with Crippen LogP contribution in [0.4, 0.5) is 11.4 Å². The first-order chi connectivity index (χ1) is 13.9. The highest BCUT2D eigenvalue weighted by atomic mass is 31.1. The molecule has 4 rings (SSSR count). The standard InChI is InChI=1S/C26H20NP/c1-5-13-23(14-6-1)27(24-15-7-2-8-16-24)21-22-28(25-17-9-3-10-18-25)26-19-11-4-12-20-26/h1-20H. The zero-order valence-corrected chi connectivity index (χ0v) is 16.3. The van der Waals surface area contributed by atoms with Crippen LogP contribution >= 0.6 is 7.92 Å². The highest BCUT2D eigenvalue weighted by Crippen LogP contribution is 2.33. The summed E-state index contributed by atoms with van der Waals surface area (Å²) in [6, 6.07) is 45.2. The molecule has 4 aromatic carbocycles. The van der Waals surface area contributed by atoms with Gasteiger partial charge in [0, 0.05) is 14.0 Å². The molecule has 0 aromatic heterocycles. The monoisotopic (exact) mass is 377 g/mol. The quantitative estimate of drug-likeness (QED) is 0.244. The number of anilines is 2. The molecule has 0 atom stereocenters. The minimum atomic E-state index is -0.767. The fraction of sp³-hybridized carbons (Fsp3) is 0. The summed E-state index contributed by atoms with van der Waals surface area (Å²) in [6.07, 6.45) is 0. The topological polar surface area (TPSA) is 3.24 Å². The average molecular weight is 377 g/mol. The third-order valence-corrected chi connectivity index (χ3v) is 6.28. The molecule has 0 unspecified atom stereocenters. The fourth-order valence-corrected chi connectivity index (χ4v) is 4.66. The lowest BCUT2D eigenvalue weighted by Gasteiger charge is -2.19. The Kier molecular flexibility index (Phi) is 5.83. The summed E-state index contributed by atoms with van der Waals surface area (Å²) in [4.78, 5) is 2.07. The third-order valence-electron chi connectivity index (χ3n) is 4.33. The Labute approximate surface area is 168 Å². The van der Waals surface area contributed by atoms with Gasteiger partial charge in [0.15, 0.2) is 0 Å². The molecule has 0 heterocycles. The SMILES string of the molecule is C(#CP(c1ccccc1)c1ccccc1)N(c1ccccc1)c1ccccc1. The molecule has 0 N–H and O–H groups in total. The van der Waals surface area contributed by atoms with E-state index in [0.29, 0.717) is 0 Å². The molecule has 2 heteroatoms. The maximum atomic E-state index is 3.59. The molecule has 0 amide bonds. The zero-order valence-electron chi connectivity index (χ0n) is 15.4. The van der Waals surface area contributed by atoms with Gasteiger partial charge in [0.05, 0.1) is 11.4 Å². The second-order valence-corrected chi connectivity index (χ2v) is 8.16. The molecule has 0 saturated heterocycles. The number of nitrogens with zero attached hydrogens (tertiary/aromatic N) is 1. The van der Waals surface area contributed by atoms with E-state index >= 15 is 0 Å². The molecule has 0 fully saturated rings. The summed E-state index contributed by atoms with van der Waals surface area (Å²) < 4.78 is 0. The summed E-state index contributed by atoms with van der Waals surface area (Å²) in [6.45, 7) is 0. The Hall–Kier alpha value is -3.33. The van der Waals surface area contributed by atoms with E-state index in [1.807, 2.05) is 36.4 Å². The van der Waals surface area contributed by atoms with Gasteiger partial charge in [0.2, 0.25) is 0 Å². The van der Waals surface area contributed by atoms with Gasteiger partial charge in [-0.05, 0) is 40.5 Å². The van der Waals surface area contributed by atoms with Gasteiger partial charge in [0.25, 0.3) is 0 Å². The highest BCUT2D eigenvalue weighted by molar-refractivity contribution is 7.77. The number of benzene rings is 4. The van der Waals surface area contributed by atoms with Crippen LogP contribution in [0.15, 0.2) is 121 Å². The number of hydrogen-bond acceptors (Lipinski definition) is 1. The van der Waals surface area contributed by atoms with E-state index in [0.717, 1.165) is 11.4 Å². The molecule has 0 radical (unpaired) electrons. The number of para-hydroxylation sites is 2. The molecule has 28 heavy (non-hydrogen) atoms. The lowest BCUT2D eigenvalue weighted by Crippen LogP contribution is -2.12. The van der Waals surface area contributed by atoms with Crippen molar-refractivity contribution in [3.8, 4) is 11.7 Å². The Balaban J connectivity index is 1.78. The minimum Gasteiger partial charge on any atom is -0.270 e. The van der Waals surface area contributed by atoms with Crippen molar-refractivity contribution in [2.75, 3.05) is 4.90 Å². The van der Waals surface area contributed by atoms with Crippen LogP contribution < -0.4 is 15.5 Å². The molecule has 0 spiro atoms. The molecule has 0 aliphatic carbocycles. The lowest BCUT2D eigenvalue weighted by atomic mass is 10.2. The van der Waals surface area contributed by atoms with Crippen molar-refractivity contribution in [1.29, 1.82) is 0 Å². The predicted molar refractivity (Wildman–Crippen MR) is 122 cm³/mol. The molecule has 0 aliphatic heterocycles. The average Bonchev–Trinajstić information content (AvgIpc) is 2.79. The van der Waals surface area contributed by atoms with E-state index in [1.165, 1.54) is 10.6 Å². The van der Waals surface area contributed by atoms with Gasteiger partial charge in [-0.3, -0.25) is 4.90 Å². The maximum absolute atomic E-state index is 3.59.